The van der Waals surface area contributed by atoms with E-state index < -0.39 is 5.60 Å². The van der Waals surface area contributed by atoms with Gasteiger partial charge >= 0.3 is 0 Å². The maximum atomic E-state index is 12.2. The first-order chi connectivity index (χ1) is 8.93. The van der Waals surface area contributed by atoms with Crippen LogP contribution in [0.3, 0.4) is 0 Å². The lowest BCUT2D eigenvalue weighted by Crippen LogP contribution is -2.63. The molecule has 2 aliphatic rings. The Morgan fingerprint density at radius 3 is 2.42 bits per heavy atom. The minimum absolute atomic E-state index is 0.206. The van der Waals surface area contributed by atoms with Crippen LogP contribution in [0.4, 0.5) is 0 Å². The van der Waals surface area contributed by atoms with Crippen LogP contribution in [-0.2, 0) is 4.79 Å². The summed E-state index contributed by atoms with van der Waals surface area (Å²) in [6, 6.07) is 0.426. The molecule has 0 unspecified atom stereocenters. The van der Waals surface area contributed by atoms with Gasteiger partial charge in [0, 0.05) is 26.2 Å². The third-order valence-electron chi connectivity index (χ3n) is 4.98. The second-order valence-electron chi connectivity index (χ2n) is 6.64. The number of aliphatic hydroxyl groups is 1. The van der Waals surface area contributed by atoms with Crippen LogP contribution in [0, 0.1) is 5.92 Å². The highest BCUT2D eigenvalue weighted by Gasteiger charge is 2.40. The number of hydrogen-bond donors (Lipinski definition) is 1. The molecule has 1 N–H and O–H groups in total. The molecule has 2 fully saturated rings. The van der Waals surface area contributed by atoms with Crippen molar-refractivity contribution >= 4 is 5.91 Å². The number of hydrogen-bond acceptors (Lipinski definition) is 3. The molecule has 1 amide bonds. The fourth-order valence-corrected chi connectivity index (χ4v) is 3.26. The summed E-state index contributed by atoms with van der Waals surface area (Å²) in [5.74, 6) is 1.02. The van der Waals surface area contributed by atoms with Crippen molar-refractivity contribution in [3.8, 4) is 0 Å². The molecule has 2 rings (SSSR count). The van der Waals surface area contributed by atoms with E-state index in [1.807, 2.05) is 23.8 Å². The first-order valence-electron chi connectivity index (χ1n) is 7.64. The third kappa shape index (κ3) is 3.48. The van der Waals surface area contributed by atoms with Gasteiger partial charge in [0.1, 0.15) is 0 Å². The van der Waals surface area contributed by atoms with Crippen molar-refractivity contribution in [3.63, 3.8) is 0 Å². The lowest BCUT2D eigenvalue weighted by Gasteiger charge is -2.46. The first-order valence-corrected chi connectivity index (χ1v) is 7.64. The number of β-amino-alcohol motifs (C(OH)–C–C–N with tert-alkyl or cyclic N) is 1. The van der Waals surface area contributed by atoms with Crippen LogP contribution in [0.15, 0.2) is 0 Å². The molecular weight excluding hydrogens is 240 g/mol. The van der Waals surface area contributed by atoms with Crippen LogP contribution < -0.4 is 0 Å². The lowest BCUT2D eigenvalue weighted by atomic mass is 9.86. The highest BCUT2D eigenvalue weighted by Crippen LogP contribution is 2.27. The summed E-state index contributed by atoms with van der Waals surface area (Å²) < 4.78 is 0. The zero-order valence-electron chi connectivity index (χ0n) is 12.6. The van der Waals surface area contributed by atoms with Gasteiger partial charge in [-0.3, -0.25) is 9.69 Å². The monoisotopic (exact) mass is 268 g/mol. The standard InChI is InChI=1S/C15H28N2O2/c1-4-15(19)10-17(11-15)9-14(18)16(3)13-7-5-12(2)6-8-13/h12-13,19H,4-11H2,1-3H3. The Hall–Kier alpha value is -0.610. The van der Waals surface area contributed by atoms with Gasteiger partial charge in [0.05, 0.1) is 12.1 Å². The predicted molar refractivity (Wildman–Crippen MR) is 75.9 cm³/mol. The van der Waals surface area contributed by atoms with Gasteiger partial charge in [0.25, 0.3) is 0 Å². The first kappa shape index (κ1) is 14.8. The number of nitrogens with zero attached hydrogens (tertiary/aromatic N) is 2. The largest absolute Gasteiger partial charge is 0.387 e. The summed E-state index contributed by atoms with van der Waals surface area (Å²) in [7, 11) is 1.94. The quantitative estimate of drug-likeness (QED) is 0.840. The van der Waals surface area contributed by atoms with Crippen molar-refractivity contribution in [2.75, 3.05) is 26.7 Å². The second kappa shape index (κ2) is 5.80. The van der Waals surface area contributed by atoms with E-state index in [1.165, 1.54) is 12.8 Å². The Bertz CT molecular complexity index is 318. The Balaban J connectivity index is 1.74. The maximum Gasteiger partial charge on any atom is 0.236 e. The van der Waals surface area contributed by atoms with Crippen LogP contribution in [0.25, 0.3) is 0 Å². The average molecular weight is 268 g/mol. The van der Waals surface area contributed by atoms with Gasteiger partial charge in [0.2, 0.25) is 5.91 Å². The highest BCUT2D eigenvalue weighted by atomic mass is 16.3. The summed E-state index contributed by atoms with van der Waals surface area (Å²) in [5, 5.41) is 9.95. The van der Waals surface area contributed by atoms with Crippen molar-refractivity contribution in [2.45, 2.75) is 57.6 Å². The number of likely N-dealkylation sites (tertiary alicyclic amines) is 1. The van der Waals surface area contributed by atoms with Gasteiger partial charge < -0.3 is 10.0 Å². The minimum Gasteiger partial charge on any atom is -0.387 e. The van der Waals surface area contributed by atoms with Gasteiger partial charge in [-0.05, 0) is 38.0 Å². The lowest BCUT2D eigenvalue weighted by molar-refractivity contribution is -0.143. The van der Waals surface area contributed by atoms with E-state index in [4.69, 9.17) is 0 Å². The summed E-state index contributed by atoms with van der Waals surface area (Å²) in [6.45, 7) is 6.04. The van der Waals surface area contributed by atoms with E-state index >= 15 is 0 Å². The van der Waals surface area contributed by atoms with Crippen LogP contribution in [-0.4, -0.2) is 59.1 Å². The number of likely N-dealkylation sites (N-methyl/N-ethyl adjacent to an activating group) is 1. The molecule has 19 heavy (non-hydrogen) atoms. The molecule has 1 aliphatic carbocycles. The van der Waals surface area contributed by atoms with E-state index in [2.05, 4.69) is 6.92 Å². The molecular formula is C15H28N2O2. The van der Waals surface area contributed by atoms with Crippen LogP contribution in [0.1, 0.15) is 46.0 Å². The zero-order chi connectivity index (χ0) is 14.0. The fourth-order valence-electron chi connectivity index (χ4n) is 3.26. The summed E-state index contributed by atoms with van der Waals surface area (Å²) >= 11 is 0. The molecule has 4 nitrogen and oxygen atoms in total. The number of amides is 1. The molecule has 0 aromatic rings. The molecule has 1 saturated carbocycles. The predicted octanol–water partition coefficient (Wildman–Crippen LogP) is 1.48. The molecule has 0 aromatic heterocycles. The fraction of sp³-hybridized carbons (Fsp3) is 0.933. The van der Waals surface area contributed by atoms with Crippen molar-refractivity contribution in [3.05, 3.63) is 0 Å². The number of carbonyl (C=O) groups excluding carboxylic acids is 1. The Morgan fingerprint density at radius 2 is 1.89 bits per heavy atom. The molecule has 0 atom stereocenters. The molecule has 1 saturated heterocycles. The van der Waals surface area contributed by atoms with E-state index in [0.717, 1.165) is 25.2 Å². The van der Waals surface area contributed by atoms with E-state index in [9.17, 15) is 9.90 Å². The zero-order valence-corrected chi connectivity index (χ0v) is 12.6. The van der Waals surface area contributed by atoms with Crippen LogP contribution >= 0.6 is 0 Å². The Labute approximate surface area is 116 Å². The van der Waals surface area contributed by atoms with Crippen LogP contribution in [0.2, 0.25) is 0 Å². The van der Waals surface area contributed by atoms with E-state index in [0.29, 0.717) is 25.7 Å². The Morgan fingerprint density at radius 1 is 1.32 bits per heavy atom. The summed E-state index contributed by atoms with van der Waals surface area (Å²) in [5.41, 5.74) is -0.543. The summed E-state index contributed by atoms with van der Waals surface area (Å²) in [6.07, 6.45) is 5.53. The maximum absolute atomic E-state index is 12.2. The molecule has 0 aromatic carbocycles. The molecule has 0 bridgehead atoms. The molecule has 1 aliphatic heterocycles. The number of carbonyl (C=O) groups is 1. The topological polar surface area (TPSA) is 43.8 Å². The third-order valence-corrected chi connectivity index (χ3v) is 4.98. The Kier molecular flexibility index (Phi) is 4.51. The molecule has 0 spiro atoms. The van der Waals surface area contributed by atoms with Gasteiger partial charge in [-0.2, -0.15) is 0 Å². The van der Waals surface area contributed by atoms with Gasteiger partial charge in [-0.15, -0.1) is 0 Å². The smallest absolute Gasteiger partial charge is 0.236 e. The van der Waals surface area contributed by atoms with Crippen LogP contribution in [0.5, 0.6) is 0 Å². The summed E-state index contributed by atoms with van der Waals surface area (Å²) in [4.78, 5) is 16.2. The SMILES string of the molecule is CCC1(O)CN(CC(=O)N(C)C2CCC(C)CC2)C1. The van der Waals surface area contributed by atoms with Gasteiger partial charge in [-0.25, -0.2) is 0 Å². The molecule has 1 heterocycles. The van der Waals surface area contributed by atoms with Gasteiger partial charge in [-0.1, -0.05) is 13.8 Å². The normalized spacial score (nSPS) is 30.7. The van der Waals surface area contributed by atoms with E-state index in [1.54, 1.807) is 0 Å². The van der Waals surface area contributed by atoms with Crippen molar-refractivity contribution < 1.29 is 9.90 Å². The molecule has 4 heteroatoms. The molecule has 110 valence electrons. The average Bonchev–Trinajstić information content (AvgIpc) is 2.36. The second-order valence-corrected chi connectivity index (χ2v) is 6.64. The van der Waals surface area contributed by atoms with E-state index in [-0.39, 0.29) is 5.91 Å². The van der Waals surface area contributed by atoms with Crippen molar-refractivity contribution in [1.29, 1.82) is 0 Å². The van der Waals surface area contributed by atoms with Crippen molar-refractivity contribution in [2.24, 2.45) is 5.92 Å². The highest BCUT2D eigenvalue weighted by molar-refractivity contribution is 5.78. The van der Waals surface area contributed by atoms with Crippen molar-refractivity contribution in [1.82, 2.24) is 9.80 Å². The molecule has 0 radical (unpaired) electrons. The minimum atomic E-state index is -0.543. The number of rotatable bonds is 4. The van der Waals surface area contributed by atoms with Gasteiger partial charge in [0.15, 0.2) is 0 Å².